The number of aliphatic hydroxyl groups excluding tert-OH is 1. The second-order valence-corrected chi connectivity index (χ2v) is 13.6. The third-order valence-corrected chi connectivity index (χ3v) is 11.9. The molecule has 1 aromatic rings. The van der Waals surface area contributed by atoms with Gasteiger partial charge in [0.1, 0.15) is 6.04 Å². The van der Waals surface area contributed by atoms with Crippen LogP contribution in [0, 0.1) is 17.8 Å². The van der Waals surface area contributed by atoms with Gasteiger partial charge in [0.15, 0.2) is 0 Å². The van der Waals surface area contributed by atoms with Crippen LogP contribution in [0.4, 0.5) is 0 Å². The smallest absolute Gasteiger partial charge is 0.310 e. The molecular weight excluding hydrogens is 536 g/mol. The van der Waals surface area contributed by atoms with Crippen LogP contribution in [-0.4, -0.2) is 74.5 Å². The van der Waals surface area contributed by atoms with E-state index in [2.05, 4.69) is 20.1 Å². The highest BCUT2D eigenvalue weighted by atomic mass is 32.2. The lowest BCUT2D eigenvalue weighted by Crippen LogP contribution is -2.59. The van der Waals surface area contributed by atoms with E-state index in [9.17, 15) is 19.5 Å². The van der Waals surface area contributed by atoms with Gasteiger partial charge in [0.25, 0.3) is 0 Å². The molecule has 0 aromatic heterocycles. The number of carbonyl (C=O) groups is 3. The summed E-state index contributed by atoms with van der Waals surface area (Å²) in [6.07, 6.45) is 10.9. The van der Waals surface area contributed by atoms with E-state index in [1.807, 2.05) is 35.2 Å². The van der Waals surface area contributed by atoms with Crippen LogP contribution in [0.1, 0.15) is 69.9 Å². The summed E-state index contributed by atoms with van der Waals surface area (Å²) in [6.45, 7) is 10.2. The van der Waals surface area contributed by atoms with Crippen molar-refractivity contribution in [2.75, 3.05) is 19.8 Å². The first-order valence-corrected chi connectivity index (χ1v) is 16.1. The van der Waals surface area contributed by atoms with Crippen molar-refractivity contribution in [3.63, 3.8) is 0 Å². The molecule has 3 aliphatic heterocycles. The van der Waals surface area contributed by atoms with Gasteiger partial charge in [-0.15, -0.1) is 24.9 Å². The summed E-state index contributed by atoms with van der Waals surface area (Å²) in [4.78, 5) is 46.7. The fraction of sp³-hybridized carbons (Fsp3) is 0.606. The van der Waals surface area contributed by atoms with Crippen molar-refractivity contribution in [2.45, 2.75) is 86.4 Å². The van der Waals surface area contributed by atoms with Gasteiger partial charge in [-0.05, 0) is 43.6 Å². The van der Waals surface area contributed by atoms with Crippen molar-refractivity contribution >= 4 is 29.5 Å². The lowest BCUT2D eigenvalue weighted by molar-refractivity contribution is -0.155. The van der Waals surface area contributed by atoms with Gasteiger partial charge in [0, 0.05) is 17.8 Å². The van der Waals surface area contributed by atoms with Crippen LogP contribution < -0.4 is 0 Å². The Balaban J connectivity index is 1.57. The molecule has 4 aliphatic rings. The minimum atomic E-state index is -0.789. The maximum absolute atomic E-state index is 14.9. The molecule has 4 fully saturated rings. The molecule has 222 valence electrons. The number of aliphatic hydroxyl groups is 1. The maximum atomic E-state index is 14.9. The lowest BCUT2D eigenvalue weighted by Gasteiger charge is -2.44. The number of esters is 1. The van der Waals surface area contributed by atoms with Gasteiger partial charge in [0.2, 0.25) is 11.8 Å². The van der Waals surface area contributed by atoms with Crippen LogP contribution in [0.3, 0.4) is 0 Å². The zero-order valence-corrected chi connectivity index (χ0v) is 25.0. The lowest BCUT2D eigenvalue weighted by atomic mass is 9.66. The number of amides is 2. The number of benzene rings is 1. The van der Waals surface area contributed by atoms with E-state index in [-0.39, 0.29) is 48.2 Å². The van der Waals surface area contributed by atoms with Crippen molar-refractivity contribution < 1.29 is 24.2 Å². The topological polar surface area (TPSA) is 87.2 Å². The quantitative estimate of drug-likeness (QED) is 0.215. The SMILES string of the molecule is C=CCCCOC(=O)[C@@H]1[C@@H]2CC(C)C3(S2)C(C(=O)N(CC=C)C2CCCCC2)N([C@H](CO)c2ccccc2)C(=O)[C@H]13. The normalized spacial score (nSPS) is 31.5. The average molecular weight is 581 g/mol. The molecule has 5 rings (SSSR count). The second kappa shape index (κ2) is 12.7. The monoisotopic (exact) mass is 580 g/mol. The molecule has 1 aromatic carbocycles. The first-order chi connectivity index (χ1) is 19.9. The molecule has 1 N–H and O–H groups in total. The zero-order chi connectivity index (χ0) is 29.1. The standard InChI is InChI=1S/C33H44N2O5S/c1-4-6-13-19-40-32(39)27-26-20-22(3)33(41-26)28(27)30(37)35(25(21-36)23-14-9-7-10-15-23)29(33)31(38)34(18-5-2)24-16-11-8-12-17-24/h4-5,7,9-10,14-15,22,24-29,36H,1-2,6,8,11-13,16-21H2,3H3/t22?,25-,26+,27-,28+,29?,33?/m1/s1. The number of fused-ring (bicyclic) bond motifs is 1. The van der Waals surface area contributed by atoms with Crippen molar-refractivity contribution in [1.82, 2.24) is 9.80 Å². The molecule has 7 nitrogen and oxygen atoms in total. The number of unbranched alkanes of at least 4 members (excludes halogenated alkanes) is 1. The van der Waals surface area contributed by atoms with Gasteiger partial charge in [-0.25, -0.2) is 0 Å². The summed E-state index contributed by atoms with van der Waals surface area (Å²) < 4.78 is 4.96. The van der Waals surface area contributed by atoms with E-state index in [0.717, 1.165) is 44.1 Å². The van der Waals surface area contributed by atoms with Crippen LogP contribution in [-0.2, 0) is 19.1 Å². The molecule has 2 bridgehead atoms. The molecule has 1 saturated carbocycles. The minimum absolute atomic E-state index is 0.0438. The van der Waals surface area contributed by atoms with Crippen LogP contribution in [0.15, 0.2) is 55.6 Å². The Morgan fingerprint density at radius 2 is 1.93 bits per heavy atom. The summed E-state index contributed by atoms with van der Waals surface area (Å²) in [7, 11) is 0. The number of likely N-dealkylation sites (tertiary alicyclic amines) is 1. The summed E-state index contributed by atoms with van der Waals surface area (Å²) in [5, 5.41) is 10.7. The number of thioether (sulfide) groups is 1. The summed E-state index contributed by atoms with van der Waals surface area (Å²) in [6, 6.07) is 8.06. The molecule has 1 spiro atoms. The number of hydrogen-bond donors (Lipinski definition) is 1. The highest BCUT2D eigenvalue weighted by Gasteiger charge is 2.77. The molecule has 3 heterocycles. The largest absolute Gasteiger partial charge is 0.465 e. The minimum Gasteiger partial charge on any atom is -0.465 e. The predicted molar refractivity (Wildman–Crippen MR) is 161 cm³/mol. The Kier molecular flexibility index (Phi) is 9.29. The predicted octanol–water partition coefficient (Wildman–Crippen LogP) is 4.91. The van der Waals surface area contributed by atoms with Crippen LogP contribution in [0.2, 0.25) is 0 Å². The number of hydrogen-bond acceptors (Lipinski definition) is 6. The van der Waals surface area contributed by atoms with Crippen molar-refractivity contribution in [2.24, 2.45) is 17.8 Å². The number of allylic oxidation sites excluding steroid dienone is 1. The Labute approximate surface area is 248 Å². The Bertz CT molecular complexity index is 1140. The maximum Gasteiger partial charge on any atom is 0.310 e. The number of nitrogens with zero attached hydrogens (tertiary/aromatic N) is 2. The third kappa shape index (κ3) is 5.16. The fourth-order valence-electron chi connectivity index (χ4n) is 7.98. The Morgan fingerprint density at radius 1 is 1.20 bits per heavy atom. The van der Waals surface area contributed by atoms with E-state index in [4.69, 9.17) is 4.74 Å². The molecule has 0 radical (unpaired) electrons. The number of carbonyl (C=O) groups excluding carboxylic acids is 3. The van der Waals surface area contributed by atoms with E-state index in [1.165, 1.54) is 6.42 Å². The van der Waals surface area contributed by atoms with Crippen molar-refractivity contribution in [3.05, 3.63) is 61.2 Å². The van der Waals surface area contributed by atoms with Gasteiger partial charge in [-0.3, -0.25) is 14.4 Å². The average Bonchev–Trinajstić information content (AvgIpc) is 3.59. The Morgan fingerprint density at radius 3 is 2.59 bits per heavy atom. The van der Waals surface area contributed by atoms with Crippen LogP contribution in [0.25, 0.3) is 0 Å². The van der Waals surface area contributed by atoms with Crippen LogP contribution in [0.5, 0.6) is 0 Å². The molecule has 7 atom stereocenters. The van der Waals surface area contributed by atoms with Crippen molar-refractivity contribution in [3.8, 4) is 0 Å². The second-order valence-electron chi connectivity index (χ2n) is 12.1. The number of ether oxygens (including phenoxy) is 1. The van der Waals surface area contributed by atoms with E-state index in [1.54, 1.807) is 28.8 Å². The first-order valence-electron chi connectivity index (χ1n) is 15.2. The number of rotatable bonds is 12. The van der Waals surface area contributed by atoms with E-state index >= 15 is 0 Å². The van der Waals surface area contributed by atoms with Gasteiger partial charge in [-0.2, -0.15) is 0 Å². The van der Waals surface area contributed by atoms with Crippen LogP contribution >= 0.6 is 11.8 Å². The molecule has 1 aliphatic carbocycles. The molecular formula is C33H44N2O5S. The van der Waals surface area contributed by atoms with Gasteiger partial charge in [0.05, 0.1) is 35.8 Å². The highest BCUT2D eigenvalue weighted by Crippen LogP contribution is 2.69. The fourth-order valence-corrected chi connectivity index (χ4v) is 10.4. The molecule has 3 unspecified atom stereocenters. The molecule has 41 heavy (non-hydrogen) atoms. The van der Waals surface area contributed by atoms with Gasteiger partial charge < -0.3 is 19.6 Å². The highest BCUT2D eigenvalue weighted by molar-refractivity contribution is 8.02. The zero-order valence-electron chi connectivity index (χ0n) is 24.2. The first kappa shape index (κ1) is 29.9. The summed E-state index contributed by atoms with van der Waals surface area (Å²) in [5.74, 6) is -1.88. The van der Waals surface area contributed by atoms with Gasteiger partial charge >= 0.3 is 5.97 Å². The van der Waals surface area contributed by atoms with Gasteiger partial charge in [-0.1, -0.05) is 68.7 Å². The van der Waals surface area contributed by atoms with E-state index < -0.39 is 28.7 Å². The summed E-state index contributed by atoms with van der Waals surface area (Å²) >= 11 is 1.65. The molecule has 3 saturated heterocycles. The molecule has 8 heteroatoms. The third-order valence-electron chi connectivity index (χ3n) is 9.80. The van der Waals surface area contributed by atoms with E-state index in [0.29, 0.717) is 13.0 Å². The van der Waals surface area contributed by atoms with Crippen molar-refractivity contribution in [1.29, 1.82) is 0 Å². The molecule has 2 amide bonds. The Hall–Kier alpha value is -2.58. The summed E-state index contributed by atoms with van der Waals surface area (Å²) in [5.41, 5.74) is 0.779.